The molecule has 1 aliphatic heterocycles. The van der Waals surface area contributed by atoms with E-state index in [0.29, 0.717) is 19.0 Å². The predicted molar refractivity (Wildman–Crippen MR) is 81.6 cm³/mol. The van der Waals surface area contributed by atoms with Gasteiger partial charge in [-0.05, 0) is 49.8 Å². The number of amides is 3. The molecule has 2 rings (SSSR count). The van der Waals surface area contributed by atoms with Crippen molar-refractivity contribution in [2.45, 2.75) is 32.2 Å². The first-order chi connectivity index (χ1) is 10.5. The van der Waals surface area contributed by atoms with E-state index >= 15 is 0 Å². The molecule has 1 aliphatic rings. The van der Waals surface area contributed by atoms with Gasteiger partial charge < -0.3 is 16.0 Å². The van der Waals surface area contributed by atoms with Gasteiger partial charge in [0.1, 0.15) is 11.9 Å². The van der Waals surface area contributed by atoms with Crippen molar-refractivity contribution in [1.29, 1.82) is 0 Å². The van der Waals surface area contributed by atoms with Crippen LogP contribution in [0.2, 0.25) is 0 Å². The highest BCUT2D eigenvalue weighted by atomic mass is 19.1. The van der Waals surface area contributed by atoms with E-state index in [0.717, 1.165) is 24.8 Å². The Balaban J connectivity index is 1.92. The van der Waals surface area contributed by atoms with Gasteiger partial charge in [0.25, 0.3) is 0 Å². The summed E-state index contributed by atoms with van der Waals surface area (Å²) in [6.07, 6.45) is 2.79. The number of carbonyl (C=O) groups is 2. The molecule has 3 amide bonds. The molecule has 0 aromatic heterocycles. The molecule has 1 aromatic rings. The molecule has 2 atom stereocenters. The molecule has 22 heavy (non-hydrogen) atoms. The minimum atomic E-state index is -0.694. The summed E-state index contributed by atoms with van der Waals surface area (Å²) in [4.78, 5) is 24.9. The second-order valence-corrected chi connectivity index (χ2v) is 5.85. The summed E-state index contributed by atoms with van der Waals surface area (Å²) >= 11 is 0. The number of likely N-dealkylation sites (tertiary alicyclic amines) is 1. The lowest BCUT2D eigenvalue weighted by molar-refractivity contribution is -0.134. The zero-order chi connectivity index (χ0) is 16.1. The number of hydrogen-bond donors (Lipinski definition) is 2. The van der Waals surface area contributed by atoms with E-state index in [-0.39, 0.29) is 11.7 Å². The Morgan fingerprint density at radius 1 is 1.41 bits per heavy atom. The Hall–Kier alpha value is -2.11. The van der Waals surface area contributed by atoms with Crippen LogP contribution in [-0.4, -0.2) is 36.0 Å². The topological polar surface area (TPSA) is 75.4 Å². The van der Waals surface area contributed by atoms with E-state index < -0.39 is 12.1 Å². The number of piperidine rings is 1. The SMILES string of the molecule is C[C@H](NC(N)=O)C(=O)N1CCC[C@@H](Cc2ccc(F)cc2)C1. The number of nitrogens with one attached hydrogen (secondary N) is 1. The molecule has 0 aliphatic carbocycles. The monoisotopic (exact) mass is 307 g/mol. The lowest BCUT2D eigenvalue weighted by Gasteiger charge is -2.34. The third-order valence-corrected chi connectivity index (χ3v) is 4.00. The molecule has 5 nitrogen and oxygen atoms in total. The van der Waals surface area contributed by atoms with Crippen LogP contribution >= 0.6 is 0 Å². The van der Waals surface area contributed by atoms with E-state index in [9.17, 15) is 14.0 Å². The number of carbonyl (C=O) groups excluding carboxylic acids is 2. The van der Waals surface area contributed by atoms with Gasteiger partial charge >= 0.3 is 6.03 Å². The van der Waals surface area contributed by atoms with Crippen molar-refractivity contribution in [1.82, 2.24) is 10.2 Å². The first kappa shape index (κ1) is 16.3. The molecule has 0 bridgehead atoms. The van der Waals surface area contributed by atoms with Crippen LogP contribution in [0.4, 0.5) is 9.18 Å². The Labute approximate surface area is 129 Å². The van der Waals surface area contributed by atoms with Crippen molar-refractivity contribution in [3.63, 3.8) is 0 Å². The summed E-state index contributed by atoms with van der Waals surface area (Å²) in [6.45, 7) is 2.99. The van der Waals surface area contributed by atoms with Crippen molar-refractivity contribution in [3.8, 4) is 0 Å². The minimum absolute atomic E-state index is 0.109. The number of nitrogens with zero attached hydrogens (tertiary/aromatic N) is 1. The van der Waals surface area contributed by atoms with Gasteiger partial charge in [0, 0.05) is 13.1 Å². The number of benzene rings is 1. The second-order valence-electron chi connectivity index (χ2n) is 5.85. The molecule has 1 saturated heterocycles. The highest BCUT2D eigenvalue weighted by Gasteiger charge is 2.27. The van der Waals surface area contributed by atoms with Crippen molar-refractivity contribution in [2.24, 2.45) is 11.7 Å². The van der Waals surface area contributed by atoms with Gasteiger partial charge in [-0.3, -0.25) is 4.79 Å². The average Bonchev–Trinajstić information content (AvgIpc) is 2.48. The maximum atomic E-state index is 12.9. The Bertz CT molecular complexity index is 533. The summed E-state index contributed by atoms with van der Waals surface area (Å²) in [5.41, 5.74) is 6.12. The fourth-order valence-electron chi connectivity index (χ4n) is 2.93. The smallest absolute Gasteiger partial charge is 0.312 e. The van der Waals surface area contributed by atoms with E-state index in [4.69, 9.17) is 5.73 Å². The Morgan fingerprint density at radius 3 is 2.73 bits per heavy atom. The minimum Gasteiger partial charge on any atom is -0.352 e. The number of halogens is 1. The fourth-order valence-corrected chi connectivity index (χ4v) is 2.93. The van der Waals surface area contributed by atoms with Gasteiger partial charge in [-0.1, -0.05) is 12.1 Å². The summed E-state index contributed by atoms with van der Waals surface area (Å²) in [6, 6.07) is 5.18. The van der Waals surface area contributed by atoms with E-state index in [1.54, 1.807) is 24.0 Å². The van der Waals surface area contributed by atoms with Crippen LogP contribution in [0.1, 0.15) is 25.3 Å². The Morgan fingerprint density at radius 2 is 2.09 bits per heavy atom. The number of rotatable bonds is 4. The molecule has 120 valence electrons. The van der Waals surface area contributed by atoms with Gasteiger partial charge in [-0.2, -0.15) is 0 Å². The lowest BCUT2D eigenvalue weighted by Crippen LogP contribution is -2.51. The molecule has 3 N–H and O–H groups in total. The zero-order valence-corrected chi connectivity index (χ0v) is 12.7. The summed E-state index contributed by atoms with van der Waals surface area (Å²) < 4.78 is 12.9. The van der Waals surface area contributed by atoms with Gasteiger partial charge in [0.15, 0.2) is 0 Å². The molecule has 6 heteroatoms. The van der Waals surface area contributed by atoms with Gasteiger partial charge in [0.05, 0.1) is 0 Å². The third kappa shape index (κ3) is 4.44. The first-order valence-corrected chi connectivity index (χ1v) is 7.55. The van der Waals surface area contributed by atoms with Crippen LogP contribution in [0.3, 0.4) is 0 Å². The number of primary amides is 1. The highest BCUT2D eigenvalue weighted by Crippen LogP contribution is 2.21. The fraction of sp³-hybridized carbons (Fsp3) is 0.500. The van der Waals surface area contributed by atoms with Crippen LogP contribution in [0.25, 0.3) is 0 Å². The largest absolute Gasteiger partial charge is 0.352 e. The van der Waals surface area contributed by atoms with E-state index in [1.807, 2.05) is 0 Å². The second kappa shape index (κ2) is 7.24. The zero-order valence-electron chi connectivity index (χ0n) is 12.7. The molecule has 1 heterocycles. The molecular weight excluding hydrogens is 285 g/mol. The maximum Gasteiger partial charge on any atom is 0.312 e. The van der Waals surface area contributed by atoms with Gasteiger partial charge in [-0.25, -0.2) is 9.18 Å². The molecule has 0 unspecified atom stereocenters. The van der Waals surface area contributed by atoms with Crippen molar-refractivity contribution >= 4 is 11.9 Å². The van der Waals surface area contributed by atoms with Crippen molar-refractivity contribution in [3.05, 3.63) is 35.6 Å². The van der Waals surface area contributed by atoms with Gasteiger partial charge in [-0.15, -0.1) is 0 Å². The summed E-state index contributed by atoms with van der Waals surface area (Å²) in [7, 11) is 0. The number of nitrogens with two attached hydrogens (primary N) is 1. The van der Waals surface area contributed by atoms with Crippen LogP contribution in [0.15, 0.2) is 24.3 Å². The molecule has 0 saturated carbocycles. The van der Waals surface area contributed by atoms with E-state index in [1.165, 1.54) is 12.1 Å². The van der Waals surface area contributed by atoms with Crippen molar-refractivity contribution < 1.29 is 14.0 Å². The standard InChI is InChI=1S/C16H22FN3O2/c1-11(19-16(18)22)15(21)20-8-2-3-13(10-20)9-12-4-6-14(17)7-5-12/h4-7,11,13H,2-3,8-10H2,1H3,(H3,18,19,22)/t11-,13-/m0/s1. The first-order valence-electron chi connectivity index (χ1n) is 7.55. The summed E-state index contributed by atoms with van der Waals surface area (Å²) in [5, 5.41) is 2.42. The third-order valence-electron chi connectivity index (χ3n) is 4.00. The predicted octanol–water partition coefficient (Wildman–Crippen LogP) is 1.66. The maximum absolute atomic E-state index is 12.9. The highest BCUT2D eigenvalue weighted by molar-refractivity contribution is 5.86. The average molecular weight is 307 g/mol. The molecular formula is C16H22FN3O2. The molecule has 1 fully saturated rings. The molecule has 0 spiro atoms. The lowest BCUT2D eigenvalue weighted by atomic mass is 9.91. The van der Waals surface area contributed by atoms with E-state index in [2.05, 4.69) is 5.32 Å². The van der Waals surface area contributed by atoms with Gasteiger partial charge in [0.2, 0.25) is 5.91 Å². The number of hydrogen-bond acceptors (Lipinski definition) is 2. The molecule has 1 aromatic carbocycles. The van der Waals surface area contributed by atoms with Crippen LogP contribution in [-0.2, 0) is 11.2 Å². The normalized spacial score (nSPS) is 19.5. The van der Waals surface area contributed by atoms with Crippen LogP contribution in [0, 0.1) is 11.7 Å². The van der Waals surface area contributed by atoms with Crippen LogP contribution < -0.4 is 11.1 Å². The van der Waals surface area contributed by atoms with Crippen LogP contribution in [0.5, 0.6) is 0 Å². The van der Waals surface area contributed by atoms with Crippen molar-refractivity contribution in [2.75, 3.05) is 13.1 Å². The Kier molecular flexibility index (Phi) is 5.35. The quantitative estimate of drug-likeness (QED) is 0.887. The number of urea groups is 1. The molecule has 0 radical (unpaired) electrons. The summed E-state index contributed by atoms with van der Waals surface area (Å²) in [5.74, 6) is 0.00194.